The summed E-state index contributed by atoms with van der Waals surface area (Å²) in [5, 5.41) is 8.62. The van der Waals surface area contributed by atoms with Crippen molar-refractivity contribution in [2.24, 2.45) is 17.8 Å². The molecule has 0 aromatic rings. The first-order valence-electron chi connectivity index (χ1n) is 14.2. The van der Waals surface area contributed by atoms with E-state index in [1.54, 1.807) is 0 Å². The lowest BCUT2D eigenvalue weighted by Crippen LogP contribution is -2.13. The monoisotopic (exact) mass is 480 g/mol. The maximum Gasteiger partial charge on any atom is 0.306 e. The van der Waals surface area contributed by atoms with Crippen molar-refractivity contribution in [1.82, 2.24) is 0 Å². The SMILES string of the molecule is C/C(=C\C(C)OC(=O)CCCCCCCC(=O)O)CCC[C@H](C)CCC[C@H](C)CCCC(C)C. The van der Waals surface area contributed by atoms with Crippen molar-refractivity contribution < 1.29 is 19.4 Å². The summed E-state index contributed by atoms with van der Waals surface area (Å²) in [6.45, 7) is 13.5. The molecule has 3 atom stereocenters. The summed E-state index contributed by atoms with van der Waals surface area (Å²) in [6.07, 6.45) is 18.7. The van der Waals surface area contributed by atoms with E-state index in [4.69, 9.17) is 9.84 Å². The number of hydrogen-bond acceptors (Lipinski definition) is 3. The Morgan fingerprint density at radius 3 is 1.74 bits per heavy atom. The van der Waals surface area contributed by atoms with Crippen LogP contribution < -0.4 is 0 Å². The van der Waals surface area contributed by atoms with Crippen LogP contribution in [0.5, 0.6) is 0 Å². The number of carbonyl (C=O) groups excluding carboxylic acids is 1. The number of allylic oxidation sites excluding steroid dienone is 1. The van der Waals surface area contributed by atoms with Gasteiger partial charge in [-0.15, -0.1) is 0 Å². The largest absolute Gasteiger partial charge is 0.481 e. The third-order valence-corrected chi connectivity index (χ3v) is 6.75. The van der Waals surface area contributed by atoms with Crippen LogP contribution in [0.4, 0.5) is 0 Å². The summed E-state index contributed by atoms with van der Waals surface area (Å²) in [5.74, 6) is 1.62. The normalized spacial score (nSPS) is 14.7. The lowest BCUT2D eigenvalue weighted by molar-refractivity contribution is -0.146. The second-order valence-electron chi connectivity index (χ2n) is 11.2. The molecule has 4 heteroatoms. The molecule has 0 heterocycles. The molecule has 0 amide bonds. The van der Waals surface area contributed by atoms with Gasteiger partial charge in [0.05, 0.1) is 0 Å². The number of aliphatic carboxylic acids is 1. The van der Waals surface area contributed by atoms with E-state index in [0.717, 1.165) is 56.3 Å². The average Bonchev–Trinajstić information content (AvgIpc) is 2.72. The Labute approximate surface area is 211 Å². The number of esters is 1. The van der Waals surface area contributed by atoms with E-state index in [-0.39, 0.29) is 18.5 Å². The van der Waals surface area contributed by atoms with Crippen LogP contribution in [0.1, 0.15) is 144 Å². The molecule has 0 aromatic heterocycles. The first kappa shape index (κ1) is 32.7. The molecule has 0 radical (unpaired) electrons. The van der Waals surface area contributed by atoms with Crippen LogP contribution in [-0.4, -0.2) is 23.1 Å². The minimum absolute atomic E-state index is 0.130. The summed E-state index contributed by atoms with van der Waals surface area (Å²) >= 11 is 0. The molecule has 200 valence electrons. The van der Waals surface area contributed by atoms with E-state index in [1.165, 1.54) is 56.9 Å². The van der Waals surface area contributed by atoms with Crippen molar-refractivity contribution >= 4 is 11.9 Å². The van der Waals surface area contributed by atoms with E-state index < -0.39 is 5.97 Å². The van der Waals surface area contributed by atoms with E-state index >= 15 is 0 Å². The molecule has 0 fully saturated rings. The van der Waals surface area contributed by atoms with Gasteiger partial charge in [-0.3, -0.25) is 9.59 Å². The van der Waals surface area contributed by atoms with Crippen molar-refractivity contribution in [3.8, 4) is 0 Å². The van der Waals surface area contributed by atoms with Gasteiger partial charge in [0.15, 0.2) is 0 Å². The zero-order valence-electron chi connectivity index (χ0n) is 23.4. The first-order valence-corrected chi connectivity index (χ1v) is 14.2. The Morgan fingerprint density at radius 2 is 1.18 bits per heavy atom. The van der Waals surface area contributed by atoms with E-state index in [9.17, 15) is 9.59 Å². The zero-order valence-corrected chi connectivity index (χ0v) is 23.4. The van der Waals surface area contributed by atoms with Crippen LogP contribution in [0.25, 0.3) is 0 Å². The van der Waals surface area contributed by atoms with Crippen LogP contribution in [0.3, 0.4) is 0 Å². The Bertz CT molecular complexity index is 552. The smallest absolute Gasteiger partial charge is 0.306 e. The maximum atomic E-state index is 12.0. The molecule has 0 saturated carbocycles. The van der Waals surface area contributed by atoms with Gasteiger partial charge in [-0.05, 0) is 63.4 Å². The molecule has 0 aliphatic rings. The number of unbranched alkanes of at least 4 members (excludes halogenated alkanes) is 4. The second kappa shape index (κ2) is 21.0. The van der Waals surface area contributed by atoms with Gasteiger partial charge in [-0.2, -0.15) is 0 Å². The van der Waals surface area contributed by atoms with Crippen LogP contribution in [0.15, 0.2) is 11.6 Å². The van der Waals surface area contributed by atoms with Crippen LogP contribution in [0, 0.1) is 17.8 Å². The second-order valence-corrected chi connectivity index (χ2v) is 11.2. The van der Waals surface area contributed by atoms with Gasteiger partial charge in [0.2, 0.25) is 0 Å². The summed E-state index contributed by atoms with van der Waals surface area (Å²) in [6, 6.07) is 0. The number of hydrogen-bond donors (Lipinski definition) is 1. The molecule has 0 rings (SSSR count). The molecule has 4 nitrogen and oxygen atoms in total. The Balaban J connectivity index is 3.82. The van der Waals surface area contributed by atoms with Gasteiger partial charge in [-0.25, -0.2) is 0 Å². The average molecular weight is 481 g/mol. The predicted octanol–water partition coefficient (Wildman–Crippen LogP) is 9.12. The van der Waals surface area contributed by atoms with E-state index in [0.29, 0.717) is 6.42 Å². The highest BCUT2D eigenvalue weighted by atomic mass is 16.5. The number of ether oxygens (including phenoxy) is 1. The van der Waals surface area contributed by atoms with Crippen LogP contribution in [-0.2, 0) is 14.3 Å². The summed E-state index contributed by atoms with van der Waals surface area (Å²) in [7, 11) is 0. The fraction of sp³-hybridized carbons (Fsp3) is 0.867. The Morgan fingerprint density at radius 1 is 0.676 bits per heavy atom. The van der Waals surface area contributed by atoms with Crippen molar-refractivity contribution in [3.05, 3.63) is 11.6 Å². The number of carboxylic acids is 1. The highest BCUT2D eigenvalue weighted by Crippen LogP contribution is 2.22. The quantitative estimate of drug-likeness (QED) is 0.0953. The zero-order chi connectivity index (χ0) is 25.8. The molecule has 0 saturated heterocycles. The minimum Gasteiger partial charge on any atom is -0.481 e. The van der Waals surface area contributed by atoms with Gasteiger partial charge < -0.3 is 9.84 Å². The highest BCUT2D eigenvalue weighted by molar-refractivity contribution is 5.69. The van der Waals surface area contributed by atoms with Crippen LogP contribution in [0.2, 0.25) is 0 Å². The number of carbonyl (C=O) groups is 2. The van der Waals surface area contributed by atoms with Crippen LogP contribution >= 0.6 is 0 Å². The molecule has 1 N–H and O–H groups in total. The summed E-state index contributed by atoms with van der Waals surface area (Å²) in [5.41, 5.74) is 1.31. The third-order valence-electron chi connectivity index (χ3n) is 6.75. The fourth-order valence-corrected chi connectivity index (χ4v) is 4.57. The summed E-state index contributed by atoms with van der Waals surface area (Å²) in [4.78, 5) is 22.5. The van der Waals surface area contributed by atoms with Gasteiger partial charge in [0, 0.05) is 12.8 Å². The predicted molar refractivity (Wildman–Crippen MR) is 144 cm³/mol. The lowest BCUT2D eigenvalue weighted by Gasteiger charge is -2.15. The maximum absolute atomic E-state index is 12.0. The van der Waals surface area contributed by atoms with E-state index in [1.807, 2.05) is 6.92 Å². The molecule has 0 aliphatic heterocycles. The number of rotatable bonds is 22. The molecular formula is C30H56O4. The van der Waals surface area contributed by atoms with Crippen molar-refractivity contribution in [1.29, 1.82) is 0 Å². The first-order chi connectivity index (χ1) is 16.1. The molecular weight excluding hydrogens is 424 g/mol. The van der Waals surface area contributed by atoms with Gasteiger partial charge in [0.25, 0.3) is 0 Å². The minimum atomic E-state index is -0.733. The molecule has 34 heavy (non-hydrogen) atoms. The molecule has 0 spiro atoms. The van der Waals surface area contributed by atoms with Crippen molar-refractivity contribution in [3.63, 3.8) is 0 Å². The fourth-order valence-electron chi connectivity index (χ4n) is 4.57. The molecule has 0 aliphatic carbocycles. The van der Waals surface area contributed by atoms with Gasteiger partial charge >= 0.3 is 11.9 Å². The molecule has 0 bridgehead atoms. The Hall–Kier alpha value is -1.32. The van der Waals surface area contributed by atoms with Crippen molar-refractivity contribution in [2.45, 2.75) is 150 Å². The number of carboxylic acid groups (broad SMARTS) is 1. The molecule has 1 unspecified atom stereocenters. The lowest BCUT2D eigenvalue weighted by atomic mass is 9.91. The molecule has 0 aromatic carbocycles. The van der Waals surface area contributed by atoms with E-state index in [2.05, 4.69) is 40.7 Å². The topological polar surface area (TPSA) is 63.6 Å². The summed E-state index contributed by atoms with van der Waals surface area (Å²) < 4.78 is 5.53. The third kappa shape index (κ3) is 22.5. The van der Waals surface area contributed by atoms with Crippen molar-refractivity contribution in [2.75, 3.05) is 0 Å². The Kier molecular flexibility index (Phi) is 20.2. The van der Waals surface area contributed by atoms with Gasteiger partial charge in [-0.1, -0.05) is 97.5 Å². The highest BCUT2D eigenvalue weighted by Gasteiger charge is 2.09. The van der Waals surface area contributed by atoms with Gasteiger partial charge in [0.1, 0.15) is 6.10 Å². The standard InChI is InChI=1S/C30H56O4/c1-24(2)15-12-16-25(3)17-13-18-26(4)19-14-20-27(5)23-28(6)34-30(33)22-11-9-7-8-10-21-29(31)32/h23-26,28H,7-22H2,1-6H3,(H,31,32)/b27-23+/t25-,26-,28?/m1/s1.